The molecule has 1 aliphatic rings. The zero-order valence-corrected chi connectivity index (χ0v) is 12.0. The van der Waals surface area contributed by atoms with Gasteiger partial charge in [0.2, 0.25) is 10.0 Å². The molecular weight excluding hydrogens is 272 g/mol. The molecule has 7 heteroatoms. The minimum absolute atomic E-state index is 0.252. The number of nitrogens with one attached hydrogen (secondary N) is 1. The van der Waals surface area contributed by atoms with Gasteiger partial charge in [-0.05, 0) is 30.7 Å². The Kier molecular flexibility index (Phi) is 3.37. The van der Waals surface area contributed by atoms with E-state index in [1.807, 2.05) is 6.92 Å². The summed E-state index contributed by atoms with van der Waals surface area (Å²) in [6.45, 7) is 2.04. The summed E-state index contributed by atoms with van der Waals surface area (Å²) in [5.74, 6) is -0.310. The van der Waals surface area contributed by atoms with Crippen molar-refractivity contribution in [3.63, 3.8) is 0 Å². The standard InChI is InChI=1S/C11H16N2O3S2/c1-6-4-3-5-7-8(6)9(10(12)14)11(17-7)13-18(2,15)16/h6,13H,3-5H2,1-2H3,(H2,12,14). The van der Waals surface area contributed by atoms with Crippen LogP contribution in [0.25, 0.3) is 0 Å². The minimum Gasteiger partial charge on any atom is -0.365 e. The van der Waals surface area contributed by atoms with Crippen molar-refractivity contribution in [2.75, 3.05) is 11.0 Å². The number of nitrogens with two attached hydrogens (primary N) is 1. The van der Waals surface area contributed by atoms with Gasteiger partial charge in [-0.15, -0.1) is 11.3 Å². The average Bonchev–Trinajstić information content (AvgIpc) is 2.54. The van der Waals surface area contributed by atoms with Crippen LogP contribution < -0.4 is 10.5 Å². The predicted molar refractivity (Wildman–Crippen MR) is 72.7 cm³/mol. The smallest absolute Gasteiger partial charge is 0.252 e. The van der Waals surface area contributed by atoms with Crippen molar-refractivity contribution in [2.24, 2.45) is 5.73 Å². The lowest BCUT2D eigenvalue weighted by atomic mass is 9.86. The van der Waals surface area contributed by atoms with Crippen molar-refractivity contribution in [3.05, 3.63) is 16.0 Å². The first kappa shape index (κ1) is 13.4. The lowest BCUT2D eigenvalue weighted by molar-refractivity contribution is 0.1000. The number of anilines is 1. The van der Waals surface area contributed by atoms with Gasteiger partial charge >= 0.3 is 0 Å². The molecule has 0 saturated heterocycles. The maximum Gasteiger partial charge on any atom is 0.252 e. The van der Waals surface area contributed by atoms with Gasteiger partial charge < -0.3 is 5.73 Å². The average molecular weight is 288 g/mol. The van der Waals surface area contributed by atoms with Crippen LogP contribution in [0, 0.1) is 0 Å². The number of hydrogen-bond acceptors (Lipinski definition) is 4. The third kappa shape index (κ3) is 2.51. The molecule has 1 aliphatic carbocycles. The van der Waals surface area contributed by atoms with Gasteiger partial charge in [-0.3, -0.25) is 9.52 Å². The molecule has 2 rings (SSSR count). The van der Waals surface area contributed by atoms with E-state index in [-0.39, 0.29) is 5.92 Å². The van der Waals surface area contributed by atoms with Crippen molar-refractivity contribution in [3.8, 4) is 0 Å². The second-order valence-corrected chi connectivity index (χ2v) is 7.53. The zero-order valence-electron chi connectivity index (χ0n) is 10.3. The van der Waals surface area contributed by atoms with Gasteiger partial charge in [0, 0.05) is 4.88 Å². The topological polar surface area (TPSA) is 89.3 Å². The van der Waals surface area contributed by atoms with Crippen LogP contribution in [0.1, 0.15) is 46.5 Å². The number of fused-ring (bicyclic) bond motifs is 1. The van der Waals surface area contributed by atoms with Crippen LogP contribution in [0.15, 0.2) is 0 Å². The van der Waals surface area contributed by atoms with Gasteiger partial charge in [0.1, 0.15) is 5.00 Å². The zero-order chi connectivity index (χ0) is 13.5. The Balaban J connectivity index is 2.57. The first-order chi connectivity index (χ1) is 8.29. The third-order valence-electron chi connectivity index (χ3n) is 3.08. The molecule has 0 aliphatic heterocycles. The highest BCUT2D eigenvalue weighted by molar-refractivity contribution is 7.92. The molecule has 1 atom stereocenters. The van der Waals surface area contributed by atoms with Crippen LogP contribution in [0.3, 0.4) is 0 Å². The summed E-state index contributed by atoms with van der Waals surface area (Å²) in [5.41, 5.74) is 6.69. The Morgan fingerprint density at radius 3 is 2.72 bits per heavy atom. The fraction of sp³-hybridized carbons (Fsp3) is 0.545. The molecule has 3 N–H and O–H groups in total. The number of primary amides is 1. The molecule has 100 valence electrons. The van der Waals surface area contributed by atoms with E-state index in [2.05, 4.69) is 4.72 Å². The predicted octanol–water partition coefficient (Wildman–Crippen LogP) is 1.66. The van der Waals surface area contributed by atoms with Crippen LogP contribution in [-0.2, 0) is 16.4 Å². The highest BCUT2D eigenvalue weighted by atomic mass is 32.2. The van der Waals surface area contributed by atoms with Crippen molar-refractivity contribution >= 4 is 32.3 Å². The Hall–Kier alpha value is -1.08. The number of aryl methyl sites for hydroxylation is 1. The van der Waals surface area contributed by atoms with E-state index in [0.29, 0.717) is 10.6 Å². The number of sulfonamides is 1. The summed E-state index contributed by atoms with van der Waals surface area (Å²) >= 11 is 1.33. The molecule has 5 nitrogen and oxygen atoms in total. The number of carbonyl (C=O) groups is 1. The van der Waals surface area contributed by atoms with Crippen molar-refractivity contribution in [1.29, 1.82) is 0 Å². The summed E-state index contributed by atoms with van der Waals surface area (Å²) < 4.78 is 25.0. The Bertz CT molecular complexity index is 590. The second kappa shape index (κ2) is 4.55. The van der Waals surface area contributed by atoms with Crippen LogP contribution in [-0.4, -0.2) is 20.6 Å². The van der Waals surface area contributed by atoms with Crippen molar-refractivity contribution in [2.45, 2.75) is 32.1 Å². The molecule has 1 unspecified atom stereocenters. The Morgan fingerprint density at radius 1 is 1.50 bits per heavy atom. The van der Waals surface area contributed by atoms with E-state index < -0.39 is 15.9 Å². The minimum atomic E-state index is -3.40. The van der Waals surface area contributed by atoms with Gasteiger partial charge in [-0.25, -0.2) is 8.42 Å². The highest BCUT2D eigenvalue weighted by Gasteiger charge is 2.29. The fourth-order valence-electron chi connectivity index (χ4n) is 2.40. The summed E-state index contributed by atoms with van der Waals surface area (Å²) in [6.07, 6.45) is 4.02. The van der Waals surface area contributed by atoms with Gasteiger partial charge in [0.25, 0.3) is 5.91 Å². The number of hydrogen-bond donors (Lipinski definition) is 2. The van der Waals surface area contributed by atoms with Crippen LogP contribution >= 0.6 is 11.3 Å². The number of rotatable bonds is 3. The van der Waals surface area contributed by atoms with E-state index in [1.54, 1.807) is 0 Å². The van der Waals surface area contributed by atoms with E-state index in [0.717, 1.165) is 36.0 Å². The SMILES string of the molecule is CC1CCCc2sc(NS(C)(=O)=O)c(C(N)=O)c21. The normalized spacial score (nSPS) is 19.3. The van der Waals surface area contributed by atoms with E-state index in [9.17, 15) is 13.2 Å². The quantitative estimate of drug-likeness (QED) is 0.886. The first-order valence-corrected chi connectivity index (χ1v) is 8.43. The van der Waals surface area contributed by atoms with Crippen molar-refractivity contribution in [1.82, 2.24) is 0 Å². The summed E-state index contributed by atoms with van der Waals surface area (Å²) in [7, 11) is -3.40. The Labute approximate surface area is 110 Å². The molecule has 1 heterocycles. The highest BCUT2D eigenvalue weighted by Crippen LogP contribution is 2.43. The summed E-state index contributed by atoms with van der Waals surface area (Å²) in [6, 6.07) is 0. The van der Waals surface area contributed by atoms with Crippen molar-refractivity contribution < 1.29 is 13.2 Å². The van der Waals surface area contributed by atoms with Crippen LogP contribution in [0.5, 0.6) is 0 Å². The molecule has 0 fully saturated rings. The third-order valence-corrected chi connectivity index (χ3v) is 4.97. The maximum atomic E-state index is 11.6. The van der Waals surface area contributed by atoms with E-state index >= 15 is 0 Å². The molecule has 1 aromatic rings. The monoisotopic (exact) mass is 288 g/mol. The van der Waals surface area contributed by atoms with E-state index in [1.165, 1.54) is 11.3 Å². The summed E-state index contributed by atoms with van der Waals surface area (Å²) in [5, 5.41) is 0.365. The number of carbonyl (C=O) groups excluding carboxylic acids is 1. The van der Waals surface area contributed by atoms with Gasteiger partial charge in [-0.1, -0.05) is 6.92 Å². The molecule has 0 spiro atoms. The van der Waals surface area contributed by atoms with E-state index in [4.69, 9.17) is 5.73 Å². The molecular formula is C11H16N2O3S2. The van der Waals surface area contributed by atoms with Gasteiger partial charge in [0.05, 0.1) is 11.8 Å². The Morgan fingerprint density at radius 2 is 2.17 bits per heavy atom. The molecule has 0 radical (unpaired) electrons. The molecule has 1 aromatic heterocycles. The van der Waals surface area contributed by atoms with Gasteiger partial charge in [0.15, 0.2) is 0 Å². The lowest BCUT2D eigenvalue weighted by Gasteiger charge is -2.19. The molecule has 0 aromatic carbocycles. The maximum absolute atomic E-state index is 11.6. The largest absolute Gasteiger partial charge is 0.365 e. The second-order valence-electron chi connectivity index (χ2n) is 4.67. The fourth-order valence-corrected chi connectivity index (χ4v) is 4.67. The molecule has 0 bridgehead atoms. The molecule has 0 saturated carbocycles. The molecule has 18 heavy (non-hydrogen) atoms. The molecule has 1 amide bonds. The number of amides is 1. The lowest BCUT2D eigenvalue weighted by Crippen LogP contribution is -2.18. The van der Waals surface area contributed by atoms with Crippen LogP contribution in [0.2, 0.25) is 0 Å². The van der Waals surface area contributed by atoms with Crippen LogP contribution in [0.4, 0.5) is 5.00 Å². The first-order valence-electron chi connectivity index (χ1n) is 5.72. The van der Waals surface area contributed by atoms with Gasteiger partial charge in [-0.2, -0.15) is 0 Å². The number of thiophene rings is 1. The summed E-state index contributed by atoms with van der Waals surface area (Å²) in [4.78, 5) is 12.7.